The third-order valence-electron chi connectivity index (χ3n) is 3.34. The highest BCUT2D eigenvalue weighted by Crippen LogP contribution is 2.31. The lowest BCUT2D eigenvalue weighted by Crippen LogP contribution is -2.22. The largest absolute Gasteiger partial charge is 0.359 e. The van der Waals surface area contributed by atoms with Crippen LogP contribution < -0.4 is 10.6 Å². The van der Waals surface area contributed by atoms with Gasteiger partial charge in [0.05, 0.1) is 0 Å². The predicted molar refractivity (Wildman–Crippen MR) is 72.2 cm³/mol. The van der Waals surface area contributed by atoms with Crippen LogP contribution in [-0.2, 0) is 6.54 Å². The van der Waals surface area contributed by atoms with Crippen molar-refractivity contribution in [3.05, 3.63) is 23.4 Å². The van der Waals surface area contributed by atoms with Crippen molar-refractivity contribution < 1.29 is 0 Å². The van der Waals surface area contributed by atoms with Crippen LogP contribution in [0.15, 0.2) is 12.1 Å². The third kappa shape index (κ3) is 3.19. The Morgan fingerprint density at radius 1 is 1.41 bits per heavy atom. The molecule has 0 radical (unpaired) electrons. The minimum Gasteiger partial charge on any atom is -0.359 e. The zero-order valence-corrected chi connectivity index (χ0v) is 11.1. The molecule has 0 aliphatic heterocycles. The Labute approximate surface area is 104 Å². The van der Waals surface area contributed by atoms with Gasteiger partial charge in [0.25, 0.3) is 0 Å². The van der Waals surface area contributed by atoms with Crippen LogP contribution in [0.3, 0.4) is 0 Å². The highest BCUT2D eigenvalue weighted by molar-refractivity contribution is 5.42. The second-order valence-electron chi connectivity index (χ2n) is 5.44. The lowest BCUT2D eigenvalue weighted by Gasteiger charge is -2.20. The zero-order valence-electron chi connectivity index (χ0n) is 11.1. The molecule has 94 valence electrons. The molecule has 1 aliphatic rings. The third-order valence-corrected chi connectivity index (χ3v) is 3.34. The van der Waals surface area contributed by atoms with Gasteiger partial charge in [-0.05, 0) is 42.4 Å². The van der Waals surface area contributed by atoms with Gasteiger partial charge < -0.3 is 10.6 Å². The second kappa shape index (κ2) is 5.05. The van der Waals surface area contributed by atoms with E-state index in [0.29, 0.717) is 12.5 Å². The quantitative estimate of drug-likeness (QED) is 0.849. The van der Waals surface area contributed by atoms with E-state index >= 15 is 0 Å². The molecule has 0 atom stereocenters. The SMILES string of the molecule is CC(C)c1cc(CN)cc(N(C)CC2CC2)n1. The lowest BCUT2D eigenvalue weighted by atomic mass is 10.1. The van der Waals surface area contributed by atoms with Crippen molar-refractivity contribution in [3.63, 3.8) is 0 Å². The van der Waals surface area contributed by atoms with Gasteiger partial charge in [-0.25, -0.2) is 4.98 Å². The standard InChI is InChI=1S/C14H23N3/c1-10(2)13-6-12(8-15)7-14(16-13)17(3)9-11-4-5-11/h6-7,10-11H,4-5,8-9,15H2,1-3H3. The Bertz CT molecular complexity index is 383. The van der Waals surface area contributed by atoms with Gasteiger partial charge in [-0.15, -0.1) is 0 Å². The van der Waals surface area contributed by atoms with Gasteiger partial charge in [0.15, 0.2) is 0 Å². The summed E-state index contributed by atoms with van der Waals surface area (Å²) in [5, 5.41) is 0. The molecule has 2 N–H and O–H groups in total. The minimum absolute atomic E-state index is 0.453. The first-order valence-electron chi connectivity index (χ1n) is 6.52. The maximum atomic E-state index is 5.76. The van der Waals surface area contributed by atoms with Crippen LogP contribution in [0.4, 0.5) is 5.82 Å². The minimum atomic E-state index is 0.453. The molecule has 17 heavy (non-hydrogen) atoms. The van der Waals surface area contributed by atoms with Crippen molar-refractivity contribution in [2.24, 2.45) is 11.7 Å². The number of nitrogens with two attached hydrogens (primary N) is 1. The van der Waals surface area contributed by atoms with Crippen molar-refractivity contribution in [1.29, 1.82) is 0 Å². The highest BCUT2D eigenvalue weighted by atomic mass is 15.2. The lowest BCUT2D eigenvalue weighted by molar-refractivity contribution is 0.759. The number of hydrogen-bond acceptors (Lipinski definition) is 3. The summed E-state index contributed by atoms with van der Waals surface area (Å²) in [7, 11) is 2.13. The molecule has 3 heteroatoms. The molecular formula is C14H23N3. The Morgan fingerprint density at radius 2 is 2.12 bits per heavy atom. The Morgan fingerprint density at radius 3 is 2.65 bits per heavy atom. The molecule has 1 aromatic heterocycles. The summed E-state index contributed by atoms with van der Waals surface area (Å²) in [6.45, 7) is 6.06. The molecule has 0 amide bonds. The summed E-state index contributed by atoms with van der Waals surface area (Å²) in [4.78, 5) is 7.00. The molecule has 1 aliphatic carbocycles. The van der Waals surface area contributed by atoms with Crippen molar-refractivity contribution in [2.45, 2.75) is 39.2 Å². The van der Waals surface area contributed by atoms with E-state index in [4.69, 9.17) is 10.7 Å². The van der Waals surface area contributed by atoms with Crippen LogP contribution >= 0.6 is 0 Å². The molecule has 1 saturated carbocycles. The van der Waals surface area contributed by atoms with Gasteiger partial charge in [-0.2, -0.15) is 0 Å². The second-order valence-corrected chi connectivity index (χ2v) is 5.44. The van der Waals surface area contributed by atoms with E-state index in [1.165, 1.54) is 18.4 Å². The summed E-state index contributed by atoms with van der Waals surface area (Å²) in [6, 6.07) is 4.24. The van der Waals surface area contributed by atoms with E-state index in [1.54, 1.807) is 0 Å². The summed E-state index contributed by atoms with van der Waals surface area (Å²) in [6.07, 6.45) is 2.75. The summed E-state index contributed by atoms with van der Waals surface area (Å²) in [5.41, 5.74) is 8.08. The Hall–Kier alpha value is -1.09. The molecule has 0 unspecified atom stereocenters. The molecule has 2 rings (SSSR count). The molecule has 0 aromatic carbocycles. The van der Waals surface area contributed by atoms with Crippen LogP contribution in [-0.4, -0.2) is 18.6 Å². The normalized spacial score (nSPS) is 15.4. The molecular weight excluding hydrogens is 210 g/mol. The number of rotatable bonds is 5. The van der Waals surface area contributed by atoms with Crippen molar-refractivity contribution >= 4 is 5.82 Å². The van der Waals surface area contributed by atoms with E-state index in [9.17, 15) is 0 Å². The first-order valence-corrected chi connectivity index (χ1v) is 6.52. The maximum absolute atomic E-state index is 5.76. The van der Waals surface area contributed by atoms with Crippen LogP contribution in [0.5, 0.6) is 0 Å². The van der Waals surface area contributed by atoms with Crippen LogP contribution in [0.2, 0.25) is 0 Å². The fourth-order valence-corrected chi connectivity index (χ4v) is 1.98. The van der Waals surface area contributed by atoms with E-state index in [2.05, 4.69) is 37.9 Å². The topological polar surface area (TPSA) is 42.1 Å². The van der Waals surface area contributed by atoms with E-state index < -0.39 is 0 Å². The van der Waals surface area contributed by atoms with E-state index in [-0.39, 0.29) is 0 Å². The van der Waals surface area contributed by atoms with Crippen LogP contribution in [0.25, 0.3) is 0 Å². The van der Waals surface area contributed by atoms with Crippen molar-refractivity contribution in [3.8, 4) is 0 Å². The summed E-state index contributed by atoms with van der Waals surface area (Å²) < 4.78 is 0. The van der Waals surface area contributed by atoms with E-state index in [1.807, 2.05) is 0 Å². The van der Waals surface area contributed by atoms with Crippen LogP contribution in [0.1, 0.15) is 43.9 Å². The van der Waals surface area contributed by atoms with Gasteiger partial charge >= 0.3 is 0 Å². The molecule has 0 bridgehead atoms. The molecule has 1 heterocycles. The van der Waals surface area contributed by atoms with Crippen molar-refractivity contribution in [1.82, 2.24) is 4.98 Å². The fraction of sp³-hybridized carbons (Fsp3) is 0.643. The summed E-state index contributed by atoms with van der Waals surface area (Å²) in [5.74, 6) is 2.41. The number of aromatic nitrogens is 1. The highest BCUT2D eigenvalue weighted by Gasteiger charge is 2.23. The molecule has 0 spiro atoms. The van der Waals surface area contributed by atoms with Gasteiger partial charge in [0.1, 0.15) is 5.82 Å². The molecule has 0 saturated heterocycles. The van der Waals surface area contributed by atoms with E-state index in [0.717, 1.165) is 24.0 Å². The van der Waals surface area contributed by atoms with Gasteiger partial charge in [0.2, 0.25) is 0 Å². The van der Waals surface area contributed by atoms with Crippen LogP contribution in [0, 0.1) is 5.92 Å². The van der Waals surface area contributed by atoms with Gasteiger partial charge in [-0.1, -0.05) is 13.8 Å². The monoisotopic (exact) mass is 233 g/mol. The smallest absolute Gasteiger partial charge is 0.128 e. The average Bonchev–Trinajstić information content (AvgIpc) is 3.12. The number of pyridine rings is 1. The predicted octanol–water partition coefficient (Wildman–Crippen LogP) is 2.51. The number of hydrogen-bond donors (Lipinski definition) is 1. The van der Waals surface area contributed by atoms with Gasteiger partial charge in [0, 0.05) is 25.8 Å². The first-order chi connectivity index (χ1) is 8.10. The Kier molecular flexibility index (Phi) is 3.67. The summed E-state index contributed by atoms with van der Waals surface area (Å²) >= 11 is 0. The maximum Gasteiger partial charge on any atom is 0.128 e. The number of anilines is 1. The fourth-order valence-electron chi connectivity index (χ4n) is 1.98. The molecule has 1 aromatic rings. The first kappa shape index (κ1) is 12.4. The number of nitrogens with zero attached hydrogens (tertiary/aromatic N) is 2. The Balaban J connectivity index is 2.21. The van der Waals surface area contributed by atoms with Crippen molar-refractivity contribution in [2.75, 3.05) is 18.5 Å². The van der Waals surface area contributed by atoms with Gasteiger partial charge in [-0.3, -0.25) is 0 Å². The molecule has 1 fully saturated rings. The zero-order chi connectivity index (χ0) is 12.4. The average molecular weight is 233 g/mol. The molecule has 3 nitrogen and oxygen atoms in total.